The van der Waals surface area contributed by atoms with Crippen molar-refractivity contribution in [3.8, 4) is 16.9 Å². The highest BCUT2D eigenvalue weighted by molar-refractivity contribution is 5.96. The predicted octanol–water partition coefficient (Wildman–Crippen LogP) is 6.33. The summed E-state index contributed by atoms with van der Waals surface area (Å²) in [5.74, 6) is -0.919. The topological polar surface area (TPSA) is 75.7 Å². The van der Waals surface area contributed by atoms with Crippen molar-refractivity contribution in [2.24, 2.45) is 5.73 Å². The molecule has 1 heterocycles. The molecule has 39 heavy (non-hydrogen) atoms. The Morgan fingerprint density at radius 3 is 2.56 bits per heavy atom. The number of methoxy groups -OCH3 is 1. The normalized spacial score (nSPS) is 11.4. The summed E-state index contributed by atoms with van der Waals surface area (Å²) in [7, 11) is 1.58. The molecule has 8 heteroatoms. The molecule has 0 aliphatic carbocycles. The molecule has 0 aliphatic rings. The minimum absolute atomic E-state index is 0.0980. The molecule has 0 fully saturated rings. The van der Waals surface area contributed by atoms with E-state index >= 15 is 4.39 Å². The summed E-state index contributed by atoms with van der Waals surface area (Å²) in [6.45, 7) is 5.09. The van der Waals surface area contributed by atoms with Crippen molar-refractivity contribution in [1.29, 1.82) is 0 Å². The number of benzene rings is 3. The number of aromatic nitrogens is 1. The van der Waals surface area contributed by atoms with Gasteiger partial charge in [0.15, 0.2) is 0 Å². The van der Waals surface area contributed by atoms with Crippen LogP contribution in [0.3, 0.4) is 0 Å². The highest BCUT2D eigenvalue weighted by Crippen LogP contribution is 2.35. The first-order valence-corrected chi connectivity index (χ1v) is 13.0. The number of carbonyl (C=O) groups excluding carboxylic acids is 1. The average molecular weight is 537 g/mol. The van der Waals surface area contributed by atoms with E-state index in [4.69, 9.17) is 19.9 Å². The van der Waals surface area contributed by atoms with Crippen LogP contribution in [-0.2, 0) is 33.8 Å². The van der Waals surface area contributed by atoms with E-state index in [0.29, 0.717) is 35.5 Å². The number of carbonyl (C=O) groups is 1. The SMILES string of the molecule is COCCCOC(=O)Cc1cc(F)ccc1OCc1cc(-c2cccc(CN)c2F)c2ccn(C(C)C)c2c1. The molecule has 0 spiro atoms. The maximum absolute atomic E-state index is 15.4. The zero-order chi connectivity index (χ0) is 27.9. The van der Waals surface area contributed by atoms with Crippen molar-refractivity contribution in [3.63, 3.8) is 0 Å². The smallest absolute Gasteiger partial charge is 0.310 e. The van der Waals surface area contributed by atoms with Gasteiger partial charge in [-0.2, -0.15) is 0 Å². The first-order valence-electron chi connectivity index (χ1n) is 13.0. The lowest BCUT2D eigenvalue weighted by Gasteiger charge is -2.16. The van der Waals surface area contributed by atoms with Crippen molar-refractivity contribution in [2.45, 2.75) is 45.9 Å². The first kappa shape index (κ1) is 28.3. The van der Waals surface area contributed by atoms with E-state index in [9.17, 15) is 9.18 Å². The number of nitrogens with zero attached hydrogens (tertiary/aromatic N) is 1. The van der Waals surface area contributed by atoms with Gasteiger partial charge in [-0.25, -0.2) is 8.78 Å². The van der Waals surface area contributed by atoms with Gasteiger partial charge in [-0.3, -0.25) is 4.79 Å². The summed E-state index contributed by atoms with van der Waals surface area (Å²) >= 11 is 0. The second-order valence-corrected chi connectivity index (χ2v) is 9.66. The highest BCUT2D eigenvalue weighted by atomic mass is 19.1. The van der Waals surface area contributed by atoms with Crippen LogP contribution in [0.5, 0.6) is 5.75 Å². The van der Waals surface area contributed by atoms with Gasteiger partial charge in [0.05, 0.1) is 13.0 Å². The van der Waals surface area contributed by atoms with Gasteiger partial charge in [0.2, 0.25) is 0 Å². The number of nitrogens with two attached hydrogens (primary N) is 1. The Labute approximate surface area is 227 Å². The molecule has 206 valence electrons. The van der Waals surface area contributed by atoms with E-state index in [1.165, 1.54) is 18.2 Å². The van der Waals surface area contributed by atoms with Gasteiger partial charge in [-0.15, -0.1) is 0 Å². The monoisotopic (exact) mass is 536 g/mol. The molecular weight excluding hydrogens is 502 g/mol. The Bertz CT molecular complexity index is 1450. The number of halogens is 2. The van der Waals surface area contributed by atoms with E-state index in [0.717, 1.165) is 22.0 Å². The lowest BCUT2D eigenvalue weighted by atomic mass is 9.96. The number of fused-ring (bicyclic) bond motifs is 1. The summed E-state index contributed by atoms with van der Waals surface area (Å²) in [5, 5.41) is 0.916. The molecule has 0 radical (unpaired) electrons. The number of hydrogen-bond acceptors (Lipinski definition) is 5. The third kappa shape index (κ3) is 6.64. The van der Waals surface area contributed by atoms with Crippen molar-refractivity contribution >= 4 is 16.9 Å². The summed E-state index contributed by atoms with van der Waals surface area (Å²) in [4.78, 5) is 12.3. The Morgan fingerprint density at radius 1 is 1.00 bits per heavy atom. The molecule has 0 saturated carbocycles. The molecule has 0 unspecified atom stereocenters. The molecule has 0 saturated heterocycles. The zero-order valence-corrected chi connectivity index (χ0v) is 22.5. The van der Waals surface area contributed by atoms with Crippen LogP contribution in [0.2, 0.25) is 0 Å². The largest absolute Gasteiger partial charge is 0.489 e. The maximum Gasteiger partial charge on any atom is 0.310 e. The molecule has 6 nitrogen and oxygen atoms in total. The van der Waals surface area contributed by atoms with Gasteiger partial charge in [-0.05, 0) is 61.4 Å². The average Bonchev–Trinajstić information content (AvgIpc) is 3.35. The molecule has 3 aromatic carbocycles. The van der Waals surface area contributed by atoms with Crippen molar-refractivity contribution in [1.82, 2.24) is 4.57 Å². The van der Waals surface area contributed by atoms with Crippen molar-refractivity contribution < 1.29 is 27.8 Å². The van der Waals surface area contributed by atoms with Crippen LogP contribution < -0.4 is 10.5 Å². The van der Waals surface area contributed by atoms with E-state index in [1.54, 1.807) is 25.3 Å². The van der Waals surface area contributed by atoms with Gasteiger partial charge in [0.25, 0.3) is 0 Å². The molecule has 0 amide bonds. The predicted molar refractivity (Wildman–Crippen MR) is 147 cm³/mol. The van der Waals surface area contributed by atoms with Crippen LogP contribution in [0.15, 0.2) is 60.8 Å². The van der Waals surface area contributed by atoms with E-state index in [-0.39, 0.29) is 38.0 Å². The van der Waals surface area contributed by atoms with Gasteiger partial charge >= 0.3 is 5.97 Å². The standard InChI is InChI=1S/C31H34F2N2O4/c1-20(2)35-11-10-25-27(26-7-4-6-22(18-34)31(26)33)14-21(15-28(25)35)19-39-29-9-8-24(32)16-23(29)17-30(36)38-13-5-12-37-3/h4,6-11,14-16,20H,5,12-13,17-19,34H2,1-3H3. The fraction of sp³-hybridized carbons (Fsp3) is 0.323. The number of ether oxygens (including phenoxy) is 3. The second kappa shape index (κ2) is 12.9. The molecule has 0 atom stereocenters. The van der Waals surface area contributed by atoms with Crippen LogP contribution in [0.25, 0.3) is 22.0 Å². The van der Waals surface area contributed by atoms with Gasteiger partial charge in [0, 0.05) is 66.5 Å². The third-order valence-corrected chi connectivity index (χ3v) is 6.55. The lowest BCUT2D eigenvalue weighted by molar-refractivity contribution is -0.143. The van der Waals surface area contributed by atoms with Crippen LogP contribution in [-0.4, -0.2) is 30.9 Å². The molecular formula is C31H34F2N2O4. The van der Waals surface area contributed by atoms with Gasteiger partial charge in [0.1, 0.15) is 24.0 Å². The summed E-state index contributed by atoms with van der Waals surface area (Å²) in [6.07, 6.45) is 2.44. The summed E-state index contributed by atoms with van der Waals surface area (Å²) in [5.41, 5.74) is 9.53. The molecule has 0 aliphatic heterocycles. The maximum atomic E-state index is 15.4. The Kier molecular flexibility index (Phi) is 9.32. The molecule has 0 bridgehead atoms. The van der Waals surface area contributed by atoms with Gasteiger partial charge < -0.3 is 24.5 Å². The van der Waals surface area contributed by atoms with E-state index in [1.807, 2.05) is 24.4 Å². The quantitative estimate of drug-likeness (QED) is 0.169. The molecule has 1 aromatic heterocycles. The van der Waals surface area contributed by atoms with Gasteiger partial charge in [-0.1, -0.05) is 18.2 Å². The van der Waals surface area contributed by atoms with Crippen LogP contribution in [0.1, 0.15) is 43.0 Å². The number of hydrogen-bond donors (Lipinski definition) is 1. The van der Waals surface area contributed by atoms with Crippen LogP contribution in [0, 0.1) is 11.6 Å². The molecule has 2 N–H and O–H groups in total. The fourth-order valence-corrected chi connectivity index (χ4v) is 4.61. The fourth-order valence-electron chi connectivity index (χ4n) is 4.61. The van der Waals surface area contributed by atoms with E-state index in [2.05, 4.69) is 18.4 Å². The summed E-state index contributed by atoms with van der Waals surface area (Å²) < 4.78 is 47.8. The number of esters is 1. The molecule has 4 aromatic rings. The second-order valence-electron chi connectivity index (χ2n) is 9.66. The highest BCUT2D eigenvalue weighted by Gasteiger charge is 2.17. The minimum atomic E-state index is -0.477. The van der Waals surface area contributed by atoms with Crippen LogP contribution in [0.4, 0.5) is 8.78 Å². The summed E-state index contributed by atoms with van der Waals surface area (Å²) in [6, 6.07) is 15.4. The molecule has 4 rings (SSSR count). The Hall–Kier alpha value is -3.75. The Balaban J connectivity index is 1.65. The van der Waals surface area contributed by atoms with E-state index < -0.39 is 11.8 Å². The Morgan fingerprint density at radius 2 is 1.82 bits per heavy atom. The minimum Gasteiger partial charge on any atom is -0.489 e. The van der Waals surface area contributed by atoms with Crippen LogP contribution >= 0.6 is 0 Å². The lowest BCUT2D eigenvalue weighted by Crippen LogP contribution is -2.11. The van der Waals surface area contributed by atoms with Crippen molar-refractivity contribution in [3.05, 3.63) is 89.1 Å². The van der Waals surface area contributed by atoms with Crippen molar-refractivity contribution in [2.75, 3.05) is 20.3 Å². The third-order valence-electron chi connectivity index (χ3n) is 6.55. The zero-order valence-electron chi connectivity index (χ0n) is 22.5. The first-order chi connectivity index (χ1) is 18.8. The number of rotatable bonds is 12.